The van der Waals surface area contributed by atoms with E-state index in [9.17, 15) is 14.4 Å². The molecule has 4 heteroatoms. The molecule has 1 aliphatic heterocycles. The van der Waals surface area contributed by atoms with Crippen LogP contribution in [0.25, 0.3) is 0 Å². The Hall–Kier alpha value is -2.36. The molecule has 0 N–H and O–H groups in total. The Labute approximate surface area is 147 Å². The summed E-state index contributed by atoms with van der Waals surface area (Å²) >= 11 is 0. The van der Waals surface area contributed by atoms with Gasteiger partial charge in [-0.05, 0) is 18.3 Å². The Morgan fingerprint density at radius 1 is 0.960 bits per heavy atom. The first-order valence-corrected chi connectivity index (χ1v) is 8.83. The van der Waals surface area contributed by atoms with E-state index in [1.807, 2.05) is 20.8 Å². The van der Waals surface area contributed by atoms with E-state index in [1.165, 1.54) is 0 Å². The lowest BCUT2D eigenvalue weighted by Crippen LogP contribution is -2.47. The average Bonchev–Trinajstić information content (AvgIpc) is 2.57. The highest BCUT2D eigenvalue weighted by Crippen LogP contribution is 2.48. The standard InChI is InChI=1S/C21H21NO3/c1-21(2,3)17-15-13(9-6-10-14(15)23)22-18-16(17)19(24)11-7-4-5-8-12(11)20(18)25/h4-5,7-8,15,17H,6,9-10H2,1-3H3. The fourth-order valence-electron chi connectivity index (χ4n) is 4.47. The van der Waals surface area contributed by atoms with Crippen molar-refractivity contribution in [2.24, 2.45) is 22.2 Å². The van der Waals surface area contributed by atoms with Crippen molar-refractivity contribution in [1.29, 1.82) is 0 Å². The molecular formula is C21H21NO3. The van der Waals surface area contributed by atoms with Crippen LogP contribution in [0.3, 0.4) is 0 Å². The topological polar surface area (TPSA) is 63.6 Å². The lowest BCUT2D eigenvalue weighted by molar-refractivity contribution is -0.123. The van der Waals surface area contributed by atoms with Crippen molar-refractivity contribution in [3.05, 3.63) is 46.7 Å². The molecule has 3 aliphatic rings. The third-order valence-electron chi connectivity index (χ3n) is 5.53. The number of allylic oxidation sites excluding steroid dienone is 2. The van der Waals surface area contributed by atoms with E-state index in [4.69, 9.17) is 0 Å². The molecule has 0 aromatic heterocycles. The highest BCUT2D eigenvalue weighted by molar-refractivity contribution is 6.29. The van der Waals surface area contributed by atoms with Crippen LogP contribution < -0.4 is 0 Å². The van der Waals surface area contributed by atoms with Gasteiger partial charge in [0.2, 0.25) is 5.78 Å². The first kappa shape index (κ1) is 16.1. The Kier molecular flexibility index (Phi) is 3.43. The summed E-state index contributed by atoms with van der Waals surface area (Å²) in [6, 6.07) is 6.91. The second kappa shape index (κ2) is 5.32. The second-order valence-corrected chi connectivity index (χ2v) is 8.21. The largest absolute Gasteiger partial charge is 0.299 e. The molecule has 0 spiro atoms. The fraction of sp³-hybridized carbons (Fsp3) is 0.429. The highest BCUT2D eigenvalue weighted by atomic mass is 16.1. The Bertz CT molecular complexity index is 883. The Morgan fingerprint density at radius 3 is 2.24 bits per heavy atom. The van der Waals surface area contributed by atoms with E-state index in [-0.39, 0.29) is 40.3 Å². The van der Waals surface area contributed by atoms with Crippen molar-refractivity contribution >= 4 is 23.1 Å². The average molecular weight is 335 g/mol. The van der Waals surface area contributed by atoms with Gasteiger partial charge in [-0.15, -0.1) is 0 Å². The van der Waals surface area contributed by atoms with Gasteiger partial charge in [0.05, 0.1) is 5.92 Å². The Morgan fingerprint density at radius 2 is 1.60 bits per heavy atom. The molecule has 1 fully saturated rings. The molecule has 2 aliphatic carbocycles. The first-order valence-electron chi connectivity index (χ1n) is 8.83. The van der Waals surface area contributed by atoms with Crippen LogP contribution in [0.5, 0.6) is 0 Å². The molecule has 1 aromatic carbocycles. The van der Waals surface area contributed by atoms with Gasteiger partial charge in [0, 0.05) is 34.8 Å². The zero-order valence-corrected chi connectivity index (χ0v) is 14.8. The summed E-state index contributed by atoms with van der Waals surface area (Å²) < 4.78 is 0. The number of nitrogens with zero attached hydrogens (tertiary/aromatic N) is 1. The third kappa shape index (κ3) is 2.27. The van der Waals surface area contributed by atoms with Crippen molar-refractivity contribution < 1.29 is 14.4 Å². The number of aliphatic imine (C=N–C) groups is 1. The van der Waals surface area contributed by atoms with Gasteiger partial charge in [0.25, 0.3) is 0 Å². The lowest BCUT2D eigenvalue weighted by atomic mass is 9.60. The van der Waals surface area contributed by atoms with Crippen LogP contribution in [-0.4, -0.2) is 23.1 Å². The van der Waals surface area contributed by atoms with Crippen LogP contribution in [-0.2, 0) is 4.79 Å². The molecule has 2 unspecified atom stereocenters. The van der Waals surface area contributed by atoms with Crippen LogP contribution >= 0.6 is 0 Å². The van der Waals surface area contributed by atoms with Gasteiger partial charge in [-0.25, -0.2) is 0 Å². The highest BCUT2D eigenvalue weighted by Gasteiger charge is 2.50. The maximum absolute atomic E-state index is 13.2. The van der Waals surface area contributed by atoms with Crippen molar-refractivity contribution in [3.63, 3.8) is 0 Å². The van der Waals surface area contributed by atoms with Gasteiger partial charge in [0.1, 0.15) is 11.5 Å². The van der Waals surface area contributed by atoms with E-state index in [1.54, 1.807) is 24.3 Å². The maximum atomic E-state index is 13.2. The summed E-state index contributed by atoms with van der Waals surface area (Å²) in [7, 11) is 0. The van der Waals surface area contributed by atoms with Gasteiger partial charge in [-0.2, -0.15) is 0 Å². The number of fused-ring (bicyclic) bond motifs is 2. The molecular weight excluding hydrogens is 314 g/mol. The number of Topliss-reactive ketones (excluding diaryl/α,β-unsaturated/α-hetero) is 3. The molecule has 0 radical (unpaired) electrons. The van der Waals surface area contributed by atoms with Crippen LogP contribution in [0.15, 0.2) is 40.5 Å². The van der Waals surface area contributed by atoms with Gasteiger partial charge in [0.15, 0.2) is 5.78 Å². The summed E-state index contributed by atoms with van der Waals surface area (Å²) in [5.41, 5.74) is 2.04. The molecule has 1 saturated carbocycles. The van der Waals surface area contributed by atoms with Crippen molar-refractivity contribution in [3.8, 4) is 0 Å². The second-order valence-electron chi connectivity index (χ2n) is 8.21. The summed E-state index contributed by atoms with van der Waals surface area (Å²) in [4.78, 5) is 43.5. The number of benzene rings is 1. The van der Waals surface area contributed by atoms with Crippen LogP contribution in [0.1, 0.15) is 60.7 Å². The number of hydrogen-bond acceptors (Lipinski definition) is 4. The smallest absolute Gasteiger partial charge is 0.212 e. The minimum absolute atomic E-state index is 0.147. The molecule has 128 valence electrons. The summed E-state index contributed by atoms with van der Waals surface area (Å²) in [5.74, 6) is -0.854. The summed E-state index contributed by atoms with van der Waals surface area (Å²) in [6.07, 6.45) is 2.02. The molecule has 2 atom stereocenters. The van der Waals surface area contributed by atoms with E-state index >= 15 is 0 Å². The van der Waals surface area contributed by atoms with Gasteiger partial charge in [-0.3, -0.25) is 19.4 Å². The zero-order chi connectivity index (χ0) is 17.9. The van der Waals surface area contributed by atoms with Crippen LogP contribution in [0.4, 0.5) is 0 Å². The molecule has 4 rings (SSSR count). The van der Waals surface area contributed by atoms with Crippen molar-refractivity contribution in [2.75, 3.05) is 0 Å². The molecule has 25 heavy (non-hydrogen) atoms. The minimum Gasteiger partial charge on any atom is -0.299 e. The minimum atomic E-state index is -0.366. The Balaban J connectivity index is 1.98. The van der Waals surface area contributed by atoms with E-state index in [0.29, 0.717) is 23.1 Å². The molecule has 0 bridgehead atoms. The summed E-state index contributed by atoms with van der Waals surface area (Å²) in [6.45, 7) is 6.10. The predicted octanol–water partition coefficient (Wildman–Crippen LogP) is 3.81. The fourth-order valence-corrected chi connectivity index (χ4v) is 4.47. The van der Waals surface area contributed by atoms with Gasteiger partial charge < -0.3 is 0 Å². The SMILES string of the molecule is CC(C)(C)C1C2=C(N=C3CCCC(=O)C31)C(=O)c1ccccc1C2=O. The molecule has 1 aromatic rings. The summed E-state index contributed by atoms with van der Waals surface area (Å²) in [5, 5.41) is 0. The van der Waals surface area contributed by atoms with Gasteiger partial charge in [-0.1, -0.05) is 45.0 Å². The number of ketones is 3. The molecule has 0 amide bonds. The molecule has 1 heterocycles. The van der Waals surface area contributed by atoms with E-state index < -0.39 is 0 Å². The van der Waals surface area contributed by atoms with Crippen molar-refractivity contribution in [1.82, 2.24) is 0 Å². The number of hydrogen-bond donors (Lipinski definition) is 0. The lowest BCUT2D eigenvalue weighted by Gasteiger charge is -2.43. The van der Waals surface area contributed by atoms with Crippen LogP contribution in [0, 0.1) is 17.3 Å². The van der Waals surface area contributed by atoms with Gasteiger partial charge >= 0.3 is 0 Å². The van der Waals surface area contributed by atoms with E-state index in [2.05, 4.69) is 4.99 Å². The molecule has 4 nitrogen and oxygen atoms in total. The van der Waals surface area contributed by atoms with Crippen molar-refractivity contribution in [2.45, 2.75) is 40.0 Å². The first-order chi connectivity index (χ1) is 11.8. The number of carbonyl (C=O) groups excluding carboxylic acids is 3. The predicted molar refractivity (Wildman–Crippen MR) is 94.9 cm³/mol. The quantitative estimate of drug-likeness (QED) is 0.724. The monoisotopic (exact) mass is 335 g/mol. The zero-order valence-electron chi connectivity index (χ0n) is 14.8. The number of carbonyl (C=O) groups is 3. The molecule has 0 saturated heterocycles. The van der Waals surface area contributed by atoms with Crippen LogP contribution in [0.2, 0.25) is 0 Å². The van der Waals surface area contributed by atoms with E-state index in [0.717, 1.165) is 18.6 Å². The third-order valence-corrected chi connectivity index (χ3v) is 5.53. The maximum Gasteiger partial charge on any atom is 0.212 e. The number of rotatable bonds is 0. The normalized spacial score (nSPS) is 26.0.